The molecule has 0 spiro atoms. The van der Waals surface area contributed by atoms with E-state index in [-0.39, 0.29) is 30.1 Å². The third-order valence-electron chi connectivity index (χ3n) is 9.10. The van der Waals surface area contributed by atoms with Crippen LogP contribution in [-0.2, 0) is 24.8 Å². The van der Waals surface area contributed by atoms with Gasteiger partial charge in [-0.15, -0.1) is 0 Å². The molecule has 3 saturated carbocycles. The van der Waals surface area contributed by atoms with Crippen LogP contribution in [0.1, 0.15) is 67.3 Å². The van der Waals surface area contributed by atoms with Gasteiger partial charge in [0, 0.05) is 60.9 Å². The van der Waals surface area contributed by atoms with E-state index < -0.39 is 23.3 Å². The van der Waals surface area contributed by atoms with Gasteiger partial charge < -0.3 is 14.4 Å². The molecule has 1 amide bonds. The van der Waals surface area contributed by atoms with Gasteiger partial charge in [-0.3, -0.25) is 14.5 Å². The summed E-state index contributed by atoms with van der Waals surface area (Å²) < 4.78 is 43.0. The fraction of sp³-hybridized carbons (Fsp3) is 0.429. The summed E-state index contributed by atoms with van der Waals surface area (Å²) in [4.78, 5) is 31.9. The summed E-state index contributed by atoms with van der Waals surface area (Å²) in [6, 6.07) is 9.80. The SMILES string of the molecule is Cc1c(CCOc2c(-c3ccc4nccc(CN(C)C(=O)OC(C)(C)C)c4c3)ccc(F)c2F)c(C(=O)C23CC(C2)C3)nn1C. The molecule has 3 fully saturated rings. The quantitative estimate of drug-likeness (QED) is 0.185. The van der Waals surface area contributed by atoms with Crippen LogP contribution in [0.4, 0.5) is 13.6 Å². The third kappa shape index (κ3) is 5.66. The number of nitrogens with zero attached hydrogens (tertiary/aromatic N) is 4. The number of rotatable bonds is 9. The largest absolute Gasteiger partial charge is 0.489 e. The monoisotopic (exact) mass is 616 g/mol. The minimum atomic E-state index is -1.09. The zero-order chi connectivity index (χ0) is 32.3. The van der Waals surface area contributed by atoms with Gasteiger partial charge in [0.1, 0.15) is 11.3 Å². The molecule has 2 heterocycles. The molecule has 0 N–H and O–H groups in total. The lowest BCUT2D eigenvalue weighted by atomic mass is 9.42. The van der Waals surface area contributed by atoms with Crippen molar-refractivity contribution in [1.82, 2.24) is 19.7 Å². The number of pyridine rings is 1. The number of benzene rings is 2. The molecule has 7 rings (SSSR count). The van der Waals surface area contributed by atoms with Crippen LogP contribution in [0.5, 0.6) is 5.75 Å². The number of hydrogen-bond acceptors (Lipinski definition) is 6. The Balaban J connectivity index is 1.26. The molecule has 0 aliphatic heterocycles. The van der Waals surface area contributed by atoms with Crippen molar-refractivity contribution in [3.8, 4) is 16.9 Å². The van der Waals surface area contributed by atoms with Gasteiger partial charge in [-0.25, -0.2) is 9.18 Å². The Bertz CT molecular complexity index is 1810. The molecule has 10 heteroatoms. The Hall–Kier alpha value is -4.34. The highest BCUT2D eigenvalue weighted by Crippen LogP contribution is 2.65. The molecule has 0 unspecified atom stereocenters. The Kier molecular flexibility index (Phi) is 7.65. The second kappa shape index (κ2) is 11.2. The van der Waals surface area contributed by atoms with Crippen LogP contribution < -0.4 is 4.74 Å². The lowest BCUT2D eigenvalue weighted by molar-refractivity contribution is -0.0711. The normalized spacial score (nSPS) is 18.7. The first kappa shape index (κ1) is 30.7. The summed E-state index contributed by atoms with van der Waals surface area (Å²) in [7, 11) is 3.46. The number of carbonyl (C=O) groups excluding carboxylic acids is 2. The summed E-state index contributed by atoms with van der Waals surface area (Å²) >= 11 is 0. The summed E-state index contributed by atoms with van der Waals surface area (Å²) in [6.07, 6.45) is 4.30. The number of aryl methyl sites for hydroxylation is 1. The Morgan fingerprint density at radius 1 is 1.11 bits per heavy atom. The summed E-state index contributed by atoms with van der Waals surface area (Å²) in [5.74, 6) is -1.57. The van der Waals surface area contributed by atoms with Crippen LogP contribution >= 0.6 is 0 Å². The van der Waals surface area contributed by atoms with Gasteiger partial charge >= 0.3 is 6.09 Å². The molecular formula is C35H38F2N4O4. The molecule has 0 radical (unpaired) electrons. The summed E-state index contributed by atoms with van der Waals surface area (Å²) in [6.45, 7) is 7.60. The van der Waals surface area contributed by atoms with E-state index >= 15 is 4.39 Å². The van der Waals surface area contributed by atoms with Gasteiger partial charge in [0.15, 0.2) is 17.3 Å². The van der Waals surface area contributed by atoms with E-state index in [1.807, 2.05) is 39.8 Å². The number of hydrogen-bond donors (Lipinski definition) is 0. The predicted molar refractivity (Wildman–Crippen MR) is 166 cm³/mol. The minimum absolute atomic E-state index is 0.0247. The second-order valence-corrected chi connectivity index (χ2v) is 13.5. The van der Waals surface area contributed by atoms with E-state index in [4.69, 9.17) is 9.47 Å². The topological polar surface area (TPSA) is 86.5 Å². The maximum atomic E-state index is 15.3. The van der Waals surface area contributed by atoms with E-state index in [2.05, 4.69) is 10.1 Å². The van der Waals surface area contributed by atoms with Crippen LogP contribution in [0.3, 0.4) is 0 Å². The zero-order valence-corrected chi connectivity index (χ0v) is 26.5. The molecular weight excluding hydrogens is 578 g/mol. The van der Waals surface area contributed by atoms with Crippen molar-refractivity contribution in [2.75, 3.05) is 13.7 Å². The van der Waals surface area contributed by atoms with Crippen molar-refractivity contribution >= 4 is 22.8 Å². The first-order valence-corrected chi connectivity index (χ1v) is 15.3. The van der Waals surface area contributed by atoms with Crippen molar-refractivity contribution in [1.29, 1.82) is 0 Å². The van der Waals surface area contributed by atoms with Crippen molar-refractivity contribution in [3.05, 3.63) is 76.7 Å². The van der Waals surface area contributed by atoms with Gasteiger partial charge in [0.25, 0.3) is 0 Å². The highest BCUT2D eigenvalue weighted by Gasteiger charge is 2.61. The maximum Gasteiger partial charge on any atom is 0.410 e. The van der Waals surface area contributed by atoms with Gasteiger partial charge in [-0.2, -0.15) is 9.49 Å². The van der Waals surface area contributed by atoms with Gasteiger partial charge in [0.05, 0.1) is 12.1 Å². The van der Waals surface area contributed by atoms with Crippen LogP contribution in [0.2, 0.25) is 0 Å². The predicted octanol–water partition coefficient (Wildman–Crippen LogP) is 7.19. The Morgan fingerprint density at radius 3 is 2.51 bits per heavy atom. The number of ketones is 1. The van der Waals surface area contributed by atoms with Crippen molar-refractivity contribution in [2.45, 2.75) is 65.5 Å². The van der Waals surface area contributed by atoms with E-state index in [0.29, 0.717) is 34.7 Å². The molecule has 2 aromatic carbocycles. The summed E-state index contributed by atoms with van der Waals surface area (Å²) in [5.41, 5.74) is 3.66. The second-order valence-electron chi connectivity index (χ2n) is 13.5. The number of amides is 1. The Labute approximate surface area is 261 Å². The first-order chi connectivity index (χ1) is 21.3. The molecule has 2 bridgehead atoms. The van der Waals surface area contributed by atoms with Crippen LogP contribution in [0, 0.1) is 29.9 Å². The fourth-order valence-corrected chi connectivity index (χ4v) is 6.47. The highest BCUT2D eigenvalue weighted by atomic mass is 19.2. The van der Waals surface area contributed by atoms with Gasteiger partial charge in [-0.05, 0) is 94.3 Å². The zero-order valence-electron chi connectivity index (χ0n) is 26.5. The third-order valence-corrected chi connectivity index (χ3v) is 9.10. The number of aromatic nitrogens is 3. The van der Waals surface area contributed by atoms with Crippen molar-refractivity contribution in [2.24, 2.45) is 18.4 Å². The van der Waals surface area contributed by atoms with E-state index in [0.717, 1.165) is 47.5 Å². The van der Waals surface area contributed by atoms with E-state index in [1.165, 1.54) is 11.0 Å². The van der Waals surface area contributed by atoms with E-state index in [9.17, 15) is 14.0 Å². The highest BCUT2D eigenvalue weighted by molar-refractivity contribution is 6.02. The first-order valence-electron chi connectivity index (χ1n) is 15.3. The number of halogens is 2. The lowest BCUT2D eigenvalue weighted by Crippen LogP contribution is -2.57. The maximum absolute atomic E-state index is 15.3. The number of fused-ring (bicyclic) bond motifs is 1. The van der Waals surface area contributed by atoms with Crippen molar-refractivity contribution in [3.63, 3.8) is 0 Å². The average Bonchev–Trinajstić information content (AvgIpc) is 3.21. The molecule has 236 valence electrons. The molecule has 2 aromatic heterocycles. The minimum Gasteiger partial charge on any atom is -0.489 e. The Morgan fingerprint density at radius 2 is 1.84 bits per heavy atom. The standard InChI is InChI=1S/C35H38F2N4O4/c1-20-24(30(39-41(20)6)32(42)35-16-21(17-35)18-35)12-14-44-31-25(8-9-27(36)29(31)37)22-7-10-28-26(15-22)23(11-13-38-28)19-40(5)33(43)45-34(2,3)4/h7-11,13,15,21H,12,14,16-19H2,1-6H3. The smallest absolute Gasteiger partial charge is 0.410 e. The molecule has 4 aromatic rings. The molecule has 8 nitrogen and oxygen atoms in total. The number of ether oxygens (including phenoxy) is 2. The van der Waals surface area contributed by atoms with E-state index in [1.54, 1.807) is 37.1 Å². The van der Waals surface area contributed by atoms with Crippen LogP contribution in [0.15, 0.2) is 42.6 Å². The molecule has 45 heavy (non-hydrogen) atoms. The molecule has 0 saturated heterocycles. The lowest BCUT2D eigenvalue weighted by Gasteiger charge is -2.60. The van der Waals surface area contributed by atoms with Crippen LogP contribution in [0.25, 0.3) is 22.0 Å². The number of Topliss-reactive ketones (excluding diaryl/α,β-unsaturated/α-hetero) is 1. The molecule has 3 aliphatic rings. The average molecular weight is 617 g/mol. The van der Waals surface area contributed by atoms with Crippen molar-refractivity contribution < 1.29 is 27.8 Å². The molecule has 3 aliphatic carbocycles. The molecule has 0 atom stereocenters. The van der Waals surface area contributed by atoms with Crippen LogP contribution in [-0.4, -0.2) is 50.8 Å². The van der Waals surface area contributed by atoms with Gasteiger partial charge in [0.2, 0.25) is 5.82 Å². The number of carbonyl (C=O) groups is 2. The summed E-state index contributed by atoms with van der Waals surface area (Å²) in [5, 5.41) is 5.28. The fourth-order valence-electron chi connectivity index (χ4n) is 6.47. The van der Waals surface area contributed by atoms with Gasteiger partial charge in [-0.1, -0.05) is 6.07 Å².